The number of carbonyl (C=O) groups excluding carboxylic acids is 1. The van der Waals surface area contributed by atoms with Crippen LogP contribution in [0.3, 0.4) is 0 Å². The SMILES string of the molecule is CC1CCC(C(=O)c2ccccc2CCN)CC1. The monoisotopic (exact) mass is 245 g/mol. The van der Waals surface area contributed by atoms with Crippen molar-refractivity contribution in [2.45, 2.75) is 39.0 Å². The van der Waals surface area contributed by atoms with Gasteiger partial charge in [0.1, 0.15) is 0 Å². The van der Waals surface area contributed by atoms with Gasteiger partial charge in [0.15, 0.2) is 5.78 Å². The summed E-state index contributed by atoms with van der Waals surface area (Å²) in [5.74, 6) is 1.36. The molecule has 2 N–H and O–H groups in total. The average molecular weight is 245 g/mol. The molecule has 0 bridgehead atoms. The van der Waals surface area contributed by atoms with Gasteiger partial charge in [-0.05, 0) is 37.3 Å². The molecule has 0 spiro atoms. The molecule has 1 saturated carbocycles. The van der Waals surface area contributed by atoms with Gasteiger partial charge in [0, 0.05) is 11.5 Å². The molecular formula is C16H23NO. The van der Waals surface area contributed by atoms with Gasteiger partial charge in [0.2, 0.25) is 0 Å². The molecule has 18 heavy (non-hydrogen) atoms. The average Bonchev–Trinajstić information content (AvgIpc) is 2.40. The zero-order valence-corrected chi connectivity index (χ0v) is 11.2. The van der Waals surface area contributed by atoms with Crippen molar-refractivity contribution in [1.29, 1.82) is 0 Å². The largest absolute Gasteiger partial charge is 0.330 e. The molecule has 0 saturated heterocycles. The Labute approximate surface area is 110 Å². The molecule has 2 nitrogen and oxygen atoms in total. The van der Waals surface area contributed by atoms with Gasteiger partial charge in [-0.25, -0.2) is 0 Å². The highest BCUT2D eigenvalue weighted by atomic mass is 16.1. The Kier molecular flexibility index (Phi) is 4.54. The van der Waals surface area contributed by atoms with Crippen LogP contribution in [0.1, 0.15) is 48.5 Å². The molecule has 1 aliphatic rings. The zero-order chi connectivity index (χ0) is 13.0. The Balaban J connectivity index is 2.13. The number of ketones is 1. The first-order valence-electron chi connectivity index (χ1n) is 7.04. The van der Waals surface area contributed by atoms with Crippen LogP contribution < -0.4 is 5.73 Å². The van der Waals surface area contributed by atoms with Gasteiger partial charge in [-0.2, -0.15) is 0 Å². The summed E-state index contributed by atoms with van der Waals surface area (Å²) in [4.78, 5) is 12.6. The number of nitrogens with two attached hydrogens (primary N) is 1. The Hall–Kier alpha value is -1.15. The molecule has 2 rings (SSSR count). The summed E-state index contributed by atoms with van der Waals surface area (Å²) in [5.41, 5.74) is 7.63. The van der Waals surface area contributed by atoms with Gasteiger partial charge in [-0.15, -0.1) is 0 Å². The Bertz CT molecular complexity index is 405. The molecule has 0 aliphatic heterocycles. The van der Waals surface area contributed by atoms with E-state index in [-0.39, 0.29) is 5.92 Å². The number of benzene rings is 1. The highest BCUT2D eigenvalue weighted by Crippen LogP contribution is 2.31. The first-order valence-corrected chi connectivity index (χ1v) is 7.04. The van der Waals surface area contributed by atoms with Crippen LogP contribution >= 0.6 is 0 Å². The van der Waals surface area contributed by atoms with E-state index in [1.54, 1.807) is 0 Å². The molecule has 0 radical (unpaired) electrons. The first kappa shape index (κ1) is 13.3. The predicted molar refractivity (Wildman–Crippen MR) is 74.7 cm³/mol. The van der Waals surface area contributed by atoms with Crippen LogP contribution in [0, 0.1) is 11.8 Å². The van der Waals surface area contributed by atoms with Crippen molar-refractivity contribution in [2.75, 3.05) is 6.54 Å². The number of Topliss-reactive ketones (excluding diaryl/α,β-unsaturated/α-hetero) is 1. The van der Waals surface area contributed by atoms with E-state index >= 15 is 0 Å². The maximum atomic E-state index is 12.6. The van der Waals surface area contributed by atoms with E-state index in [0.29, 0.717) is 12.3 Å². The number of rotatable bonds is 4. The Morgan fingerprint density at radius 2 is 1.89 bits per heavy atom. The van der Waals surface area contributed by atoms with E-state index in [1.165, 1.54) is 12.8 Å². The van der Waals surface area contributed by atoms with Gasteiger partial charge < -0.3 is 5.73 Å². The summed E-state index contributed by atoms with van der Waals surface area (Å²) < 4.78 is 0. The van der Waals surface area contributed by atoms with Crippen molar-refractivity contribution in [1.82, 2.24) is 0 Å². The third kappa shape index (κ3) is 2.99. The lowest BCUT2D eigenvalue weighted by Crippen LogP contribution is -2.22. The fraction of sp³-hybridized carbons (Fsp3) is 0.562. The molecule has 0 aromatic heterocycles. The Morgan fingerprint density at radius 1 is 1.22 bits per heavy atom. The van der Waals surface area contributed by atoms with E-state index < -0.39 is 0 Å². The summed E-state index contributed by atoms with van der Waals surface area (Å²) in [7, 11) is 0. The predicted octanol–water partition coefficient (Wildman–Crippen LogP) is 3.20. The van der Waals surface area contributed by atoms with Gasteiger partial charge >= 0.3 is 0 Å². The fourth-order valence-corrected chi connectivity index (χ4v) is 2.88. The fourth-order valence-electron chi connectivity index (χ4n) is 2.88. The minimum absolute atomic E-state index is 0.236. The molecule has 1 aliphatic carbocycles. The number of carbonyl (C=O) groups is 1. The van der Waals surface area contributed by atoms with E-state index in [0.717, 1.165) is 36.3 Å². The van der Waals surface area contributed by atoms with Crippen molar-refractivity contribution in [3.8, 4) is 0 Å². The molecule has 0 atom stereocenters. The molecule has 1 aromatic rings. The molecule has 0 heterocycles. The van der Waals surface area contributed by atoms with Crippen molar-refractivity contribution in [3.05, 3.63) is 35.4 Å². The van der Waals surface area contributed by atoms with Crippen LogP contribution in [0.5, 0.6) is 0 Å². The van der Waals surface area contributed by atoms with Crippen molar-refractivity contribution in [2.24, 2.45) is 17.6 Å². The lowest BCUT2D eigenvalue weighted by molar-refractivity contribution is 0.0874. The zero-order valence-electron chi connectivity index (χ0n) is 11.2. The maximum absolute atomic E-state index is 12.6. The highest BCUT2D eigenvalue weighted by Gasteiger charge is 2.26. The molecule has 98 valence electrons. The lowest BCUT2D eigenvalue weighted by atomic mass is 9.78. The summed E-state index contributed by atoms with van der Waals surface area (Å²) >= 11 is 0. The second-order valence-electron chi connectivity index (χ2n) is 5.52. The standard InChI is InChI=1S/C16H23NO/c1-12-6-8-14(9-7-12)16(18)15-5-3-2-4-13(15)10-11-17/h2-5,12,14H,6-11,17H2,1H3. The van der Waals surface area contributed by atoms with Crippen molar-refractivity contribution >= 4 is 5.78 Å². The van der Waals surface area contributed by atoms with Crippen LogP contribution in [0.15, 0.2) is 24.3 Å². The van der Waals surface area contributed by atoms with Gasteiger partial charge in [0.25, 0.3) is 0 Å². The summed E-state index contributed by atoms with van der Waals surface area (Å²) in [6.45, 7) is 2.88. The van der Waals surface area contributed by atoms with Crippen LogP contribution in [0.4, 0.5) is 0 Å². The van der Waals surface area contributed by atoms with Crippen LogP contribution in [0.2, 0.25) is 0 Å². The van der Waals surface area contributed by atoms with E-state index in [2.05, 4.69) is 6.92 Å². The topological polar surface area (TPSA) is 43.1 Å². The molecule has 1 aromatic carbocycles. The number of hydrogen-bond acceptors (Lipinski definition) is 2. The van der Waals surface area contributed by atoms with Crippen molar-refractivity contribution < 1.29 is 4.79 Å². The van der Waals surface area contributed by atoms with Gasteiger partial charge in [-0.3, -0.25) is 4.79 Å². The molecule has 2 heteroatoms. The van der Waals surface area contributed by atoms with Crippen LogP contribution in [-0.2, 0) is 6.42 Å². The number of hydrogen-bond donors (Lipinski definition) is 1. The van der Waals surface area contributed by atoms with E-state index in [9.17, 15) is 4.79 Å². The molecule has 0 amide bonds. The van der Waals surface area contributed by atoms with Crippen LogP contribution in [-0.4, -0.2) is 12.3 Å². The quantitative estimate of drug-likeness (QED) is 0.828. The minimum Gasteiger partial charge on any atom is -0.330 e. The minimum atomic E-state index is 0.236. The molecule has 1 fully saturated rings. The van der Waals surface area contributed by atoms with E-state index in [1.807, 2.05) is 24.3 Å². The second-order valence-corrected chi connectivity index (χ2v) is 5.52. The first-order chi connectivity index (χ1) is 8.72. The smallest absolute Gasteiger partial charge is 0.166 e. The van der Waals surface area contributed by atoms with E-state index in [4.69, 9.17) is 5.73 Å². The summed E-state index contributed by atoms with van der Waals surface area (Å²) in [6, 6.07) is 7.94. The van der Waals surface area contributed by atoms with Gasteiger partial charge in [-0.1, -0.05) is 44.0 Å². The second kappa shape index (κ2) is 6.14. The normalized spacial score (nSPS) is 23.9. The highest BCUT2D eigenvalue weighted by molar-refractivity contribution is 5.99. The molecule has 0 unspecified atom stereocenters. The van der Waals surface area contributed by atoms with Crippen molar-refractivity contribution in [3.63, 3.8) is 0 Å². The third-order valence-corrected chi connectivity index (χ3v) is 4.08. The maximum Gasteiger partial charge on any atom is 0.166 e. The Morgan fingerprint density at radius 3 is 2.56 bits per heavy atom. The summed E-state index contributed by atoms with van der Waals surface area (Å²) in [5, 5.41) is 0. The summed E-state index contributed by atoms with van der Waals surface area (Å²) in [6.07, 6.45) is 5.28. The van der Waals surface area contributed by atoms with Gasteiger partial charge in [0.05, 0.1) is 0 Å². The molecular weight excluding hydrogens is 222 g/mol. The lowest BCUT2D eigenvalue weighted by Gasteiger charge is -2.25. The van der Waals surface area contributed by atoms with Crippen LogP contribution in [0.25, 0.3) is 0 Å². The third-order valence-electron chi connectivity index (χ3n) is 4.08.